The summed E-state index contributed by atoms with van der Waals surface area (Å²) in [6, 6.07) is 7.25. The smallest absolute Gasteiger partial charge is 0.225 e. The van der Waals surface area contributed by atoms with Crippen molar-refractivity contribution in [2.75, 3.05) is 32.4 Å². The van der Waals surface area contributed by atoms with Gasteiger partial charge in [0.2, 0.25) is 15.9 Å². The van der Waals surface area contributed by atoms with Crippen LogP contribution in [-0.2, 0) is 14.8 Å². The molecule has 1 aromatic carbocycles. The number of benzene rings is 1. The summed E-state index contributed by atoms with van der Waals surface area (Å²) < 4.78 is 30.9. The number of hydrogen-bond donors (Lipinski definition) is 0. The van der Waals surface area contributed by atoms with Gasteiger partial charge >= 0.3 is 0 Å². The van der Waals surface area contributed by atoms with Crippen LogP contribution >= 0.6 is 0 Å². The second-order valence-electron chi connectivity index (χ2n) is 7.83. The zero-order valence-corrected chi connectivity index (χ0v) is 16.2. The Kier molecular flexibility index (Phi) is 4.50. The fourth-order valence-corrected chi connectivity index (χ4v) is 5.27. The standard InChI is InChI=1S/C19H24N2O5S/c1-27(24,25)21-9-6-14(7-10-21)18(23)20-11-8-19(13-20)12-16(22)15-4-2-3-5-17(15)26-19/h2-5,14H,6-13H2,1H3/t19-/m1/s1. The number of nitrogens with zero attached hydrogens (tertiary/aromatic N) is 2. The molecule has 0 radical (unpaired) electrons. The molecule has 3 aliphatic heterocycles. The van der Waals surface area contributed by atoms with Crippen molar-refractivity contribution < 1.29 is 22.7 Å². The summed E-state index contributed by atoms with van der Waals surface area (Å²) in [7, 11) is -3.20. The van der Waals surface area contributed by atoms with Gasteiger partial charge in [0.15, 0.2) is 5.78 Å². The van der Waals surface area contributed by atoms with E-state index >= 15 is 0 Å². The normalized spacial score (nSPS) is 26.9. The van der Waals surface area contributed by atoms with E-state index in [1.165, 1.54) is 10.6 Å². The lowest BCUT2D eigenvalue weighted by Crippen LogP contribution is -2.47. The quantitative estimate of drug-likeness (QED) is 0.757. The van der Waals surface area contributed by atoms with Crippen LogP contribution in [0.5, 0.6) is 5.75 Å². The average Bonchev–Trinajstić information content (AvgIpc) is 3.03. The maximum Gasteiger partial charge on any atom is 0.225 e. The van der Waals surface area contributed by atoms with Gasteiger partial charge in [0, 0.05) is 32.0 Å². The van der Waals surface area contributed by atoms with Crippen LogP contribution in [0.2, 0.25) is 0 Å². The van der Waals surface area contributed by atoms with Gasteiger partial charge < -0.3 is 9.64 Å². The molecule has 27 heavy (non-hydrogen) atoms. The van der Waals surface area contributed by atoms with Gasteiger partial charge in [-0.2, -0.15) is 0 Å². The lowest BCUT2D eigenvalue weighted by Gasteiger charge is -2.35. The summed E-state index contributed by atoms with van der Waals surface area (Å²) in [5.41, 5.74) is -0.0183. The van der Waals surface area contributed by atoms with Crippen LogP contribution in [0, 0.1) is 5.92 Å². The van der Waals surface area contributed by atoms with Crippen LogP contribution in [0.4, 0.5) is 0 Å². The highest BCUT2D eigenvalue weighted by Crippen LogP contribution is 2.39. The minimum atomic E-state index is -3.20. The number of ketones is 1. The highest BCUT2D eigenvalue weighted by atomic mass is 32.2. The van der Waals surface area contributed by atoms with E-state index in [1.54, 1.807) is 17.0 Å². The van der Waals surface area contributed by atoms with Gasteiger partial charge in [-0.1, -0.05) is 12.1 Å². The number of carbonyl (C=O) groups is 2. The van der Waals surface area contributed by atoms with Crippen LogP contribution in [-0.4, -0.2) is 67.3 Å². The summed E-state index contributed by atoms with van der Waals surface area (Å²) in [6.07, 6.45) is 3.21. The van der Waals surface area contributed by atoms with E-state index < -0.39 is 15.6 Å². The summed E-state index contributed by atoms with van der Waals surface area (Å²) in [5.74, 6) is 0.553. The molecule has 0 aliphatic carbocycles. The van der Waals surface area contributed by atoms with E-state index in [0.29, 0.717) is 63.2 Å². The van der Waals surface area contributed by atoms with Crippen molar-refractivity contribution in [3.8, 4) is 5.75 Å². The van der Waals surface area contributed by atoms with E-state index in [4.69, 9.17) is 4.74 Å². The first kappa shape index (κ1) is 18.4. The van der Waals surface area contributed by atoms with E-state index in [2.05, 4.69) is 0 Å². The third kappa shape index (κ3) is 3.48. The molecule has 1 spiro atoms. The number of Topliss-reactive ketones (excluding diaryl/α,β-unsaturated/α-hetero) is 1. The van der Waals surface area contributed by atoms with Gasteiger partial charge in [0.25, 0.3) is 0 Å². The van der Waals surface area contributed by atoms with E-state index in [0.717, 1.165) is 0 Å². The Morgan fingerprint density at radius 1 is 1.19 bits per heavy atom. The van der Waals surface area contributed by atoms with Gasteiger partial charge in [-0.3, -0.25) is 9.59 Å². The number of hydrogen-bond acceptors (Lipinski definition) is 5. The third-order valence-corrected chi connectivity index (χ3v) is 7.20. The largest absolute Gasteiger partial charge is 0.484 e. The number of likely N-dealkylation sites (tertiary alicyclic amines) is 1. The molecule has 0 bridgehead atoms. The SMILES string of the molecule is CS(=O)(=O)N1CCC(C(=O)N2CC[C@@]3(CC(=O)c4ccccc4O3)C2)CC1. The first-order valence-corrected chi connectivity index (χ1v) is 11.2. The van der Waals surface area contributed by atoms with Crippen molar-refractivity contribution in [3.05, 3.63) is 29.8 Å². The number of carbonyl (C=O) groups excluding carboxylic acids is 2. The van der Waals surface area contributed by atoms with Crippen molar-refractivity contribution in [1.29, 1.82) is 0 Å². The van der Waals surface area contributed by atoms with Gasteiger partial charge in [0.05, 0.1) is 24.8 Å². The third-order valence-electron chi connectivity index (χ3n) is 5.90. The Labute approximate surface area is 159 Å². The Hall–Kier alpha value is -1.93. The molecule has 0 N–H and O–H groups in total. The molecule has 3 aliphatic rings. The lowest BCUT2D eigenvalue weighted by molar-refractivity contribution is -0.136. The summed E-state index contributed by atoms with van der Waals surface area (Å²) in [6.45, 7) is 1.76. The van der Waals surface area contributed by atoms with Crippen LogP contribution < -0.4 is 4.74 Å². The van der Waals surface area contributed by atoms with E-state index in [1.807, 2.05) is 12.1 Å². The lowest BCUT2D eigenvalue weighted by atomic mass is 9.89. The average molecular weight is 392 g/mol. The predicted octanol–water partition coefficient (Wildman–Crippen LogP) is 1.29. The monoisotopic (exact) mass is 392 g/mol. The maximum atomic E-state index is 12.9. The highest BCUT2D eigenvalue weighted by Gasteiger charge is 2.47. The molecule has 2 fully saturated rings. The number of sulfonamides is 1. The van der Waals surface area contributed by atoms with Crippen LogP contribution in [0.25, 0.3) is 0 Å². The highest BCUT2D eigenvalue weighted by molar-refractivity contribution is 7.88. The summed E-state index contributed by atoms with van der Waals surface area (Å²) >= 11 is 0. The van der Waals surface area contributed by atoms with Crippen LogP contribution in [0.3, 0.4) is 0 Å². The predicted molar refractivity (Wildman–Crippen MR) is 99.1 cm³/mol. The zero-order valence-electron chi connectivity index (χ0n) is 15.4. The molecule has 7 nitrogen and oxygen atoms in total. The van der Waals surface area contributed by atoms with Gasteiger partial charge in [-0.15, -0.1) is 0 Å². The molecule has 0 unspecified atom stereocenters. The Morgan fingerprint density at radius 3 is 2.59 bits per heavy atom. The minimum Gasteiger partial charge on any atom is -0.484 e. The van der Waals surface area contributed by atoms with Gasteiger partial charge in [-0.25, -0.2) is 12.7 Å². The molecule has 0 saturated carbocycles. The van der Waals surface area contributed by atoms with Crippen molar-refractivity contribution in [2.24, 2.45) is 5.92 Å². The van der Waals surface area contributed by atoms with Gasteiger partial charge in [-0.05, 0) is 25.0 Å². The molecule has 1 atom stereocenters. The second kappa shape index (κ2) is 6.60. The van der Waals surface area contributed by atoms with Crippen molar-refractivity contribution in [2.45, 2.75) is 31.3 Å². The fourth-order valence-electron chi connectivity index (χ4n) is 4.40. The van der Waals surface area contributed by atoms with E-state index in [-0.39, 0.29) is 17.6 Å². The first-order valence-electron chi connectivity index (χ1n) is 9.33. The second-order valence-corrected chi connectivity index (χ2v) is 9.81. The number of ether oxygens (including phenoxy) is 1. The molecule has 3 heterocycles. The number of amides is 1. The Bertz CT molecular complexity index is 876. The molecule has 0 aromatic heterocycles. The first-order chi connectivity index (χ1) is 12.8. The number of fused-ring (bicyclic) bond motifs is 1. The zero-order chi connectivity index (χ0) is 19.2. The molecular formula is C19H24N2O5S. The van der Waals surface area contributed by atoms with Crippen molar-refractivity contribution in [3.63, 3.8) is 0 Å². The fraction of sp³-hybridized carbons (Fsp3) is 0.579. The van der Waals surface area contributed by atoms with Crippen LogP contribution in [0.15, 0.2) is 24.3 Å². The van der Waals surface area contributed by atoms with Gasteiger partial charge in [0.1, 0.15) is 11.4 Å². The molecule has 2 saturated heterocycles. The summed E-state index contributed by atoms with van der Waals surface area (Å²) in [4.78, 5) is 27.2. The summed E-state index contributed by atoms with van der Waals surface area (Å²) in [5, 5.41) is 0. The molecule has 4 rings (SSSR count). The van der Waals surface area contributed by atoms with Crippen LogP contribution in [0.1, 0.15) is 36.0 Å². The topological polar surface area (TPSA) is 84.0 Å². The minimum absolute atomic E-state index is 0.0509. The molecule has 146 valence electrons. The molecule has 1 aromatic rings. The number of rotatable bonds is 2. The Morgan fingerprint density at radius 2 is 1.89 bits per heavy atom. The Balaban J connectivity index is 1.42. The molecule has 8 heteroatoms. The molecular weight excluding hydrogens is 368 g/mol. The molecule has 1 amide bonds. The van der Waals surface area contributed by atoms with E-state index in [9.17, 15) is 18.0 Å². The van der Waals surface area contributed by atoms with Crippen molar-refractivity contribution in [1.82, 2.24) is 9.21 Å². The van der Waals surface area contributed by atoms with Crippen molar-refractivity contribution >= 4 is 21.7 Å². The maximum absolute atomic E-state index is 12.9. The number of para-hydroxylation sites is 1. The number of piperidine rings is 1.